The van der Waals surface area contributed by atoms with Gasteiger partial charge in [0.05, 0.1) is 43.9 Å². The Labute approximate surface area is 200 Å². The number of rotatable bonds is 7. The average molecular weight is 468 g/mol. The third-order valence-corrected chi connectivity index (χ3v) is 6.51. The summed E-state index contributed by atoms with van der Waals surface area (Å²) in [6.45, 7) is 7.46. The minimum atomic E-state index is -0.156. The lowest BCUT2D eigenvalue weighted by Crippen LogP contribution is -2.38. The van der Waals surface area contributed by atoms with Crippen LogP contribution in [0.4, 0.5) is 17.1 Å². The number of carbonyl (C=O) groups excluding carboxylic acids is 1. The van der Waals surface area contributed by atoms with Crippen molar-refractivity contribution in [3.8, 4) is 5.75 Å². The van der Waals surface area contributed by atoms with Gasteiger partial charge in [0, 0.05) is 44.0 Å². The normalized spacial score (nSPS) is 20.9. The van der Waals surface area contributed by atoms with Crippen LogP contribution in [0.5, 0.6) is 5.75 Å². The van der Waals surface area contributed by atoms with Crippen molar-refractivity contribution >= 4 is 23.0 Å². The molecule has 8 nitrogen and oxygen atoms in total. The van der Waals surface area contributed by atoms with Gasteiger partial charge in [-0.3, -0.25) is 4.79 Å². The molecule has 3 fully saturated rings. The van der Waals surface area contributed by atoms with Crippen LogP contribution in [0.15, 0.2) is 42.5 Å². The molecule has 1 atom stereocenters. The number of anilines is 3. The minimum absolute atomic E-state index is 0.138. The van der Waals surface area contributed by atoms with Gasteiger partial charge in [-0.05, 0) is 49.2 Å². The van der Waals surface area contributed by atoms with E-state index >= 15 is 0 Å². The van der Waals surface area contributed by atoms with Crippen LogP contribution in [0.3, 0.4) is 0 Å². The van der Waals surface area contributed by atoms with Crippen LogP contribution in [0.25, 0.3) is 0 Å². The topological polar surface area (TPSA) is 72.5 Å². The molecule has 1 amide bonds. The summed E-state index contributed by atoms with van der Waals surface area (Å²) in [5.74, 6) is 0.524. The molecule has 8 heteroatoms. The second kappa shape index (κ2) is 11.1. The van der Waals surface area contributed by atoms with Crippen LogP contribution in [0.2, 0.25) is 0 Å². The van der Waals surface area contributed by atoms with Gasteiger partial charge in [-0.1, -0.05) is 6.07 Å². The standard InChI is InChI=1S/C26H33N3O5/c30-26(20-3-1-4-22(17-20)34-19-23-5-2-12-33-23)27-24-7-6-21(28-8-13-31-14-9-28)18-25(24)29-10-15-32-16-11-29/h1,3-4,6-7,17-18,23H,2,5,8-16,19H2,(H,27,30). The van der Waals surface area contributed by atoms with E-state index in [1.165, 1.54) is 0 Å². The lowest BCUT2D eigenvalue weighted by molar-refractivity contribution is 0.0679. The van der Waals surface area contributed by atoms with Crippen molar-refractivity contribution in [1.82, 2.24) is 0 Å². The molecule has 0 spiro atoms. The highest BCUT2D eigenvalue weighted by atomic mass is 16.5. The predicted octanol–water partition coefficient (Wildman–Crippen LogP) is 3.17. The highest BCUT2D eigenvalue weighted by Crippen LogP contribution is 2.32. The fourth-order valence-corrected chi connectivity index (χ4v) is 4.60. The van der Waals surface area contributed by atoms with E-state index in [0.29, 0.717) is 31.1 Å². The Bertz CT molecular complexity index is 967. The van der Waals surface area contributed by atoms with E-state index in [0.717, 1.165) is 75.9 Å². The Morgan fingerprint density at radius 1 is 0.941 bits per heavy atom. The summed E-state index contributed by atoms with van der Waals surface area (Å²) in [4.78, 5) is 17.8. The molecule has 0 aromatic heterocycles. The van der Waals surface area contributed by atoms with Crippen molar-refractivity contribution < 1.29 is 23.7 Å². The maximum absolute atomic E-state index is 13.2. The number of amides is 1. The molecule has 0 bridgehead atoms. The highest BCUT2D eigenvalue weighted by molar-refractivity contribution is 6.06. The van der Waals surface area contributed by atoms with E-state index in [4.69, 9.17) is 18.9 Å². The van der Waals surface area contributed by atoms with E-state index < -0.39 is 0 Å². The van der Waals surface area contributed by atoms with Crippen LogP contribution in [-0.4, -0.2) is 77.8 Å². The van der Waals surface area contributed by atoms with Crippen LogP contribution in [0.1, 0.15) is 23.2 Å². The molecule has 0 radical (unpaired) electrons. The number of hydrogen-bond donors (Lipinski definition) is 1. The van der Waals surface area contributed by atoms with Crippen LogP contribution in [0, 0.1) is 0 Å². The summed E-state index contributed by atoms with van der Waals surface area (Å²) < 4.78 is 22.6. The molecule has 1 N–H and O–H groups in total. The minimum Gasteiger partial charge on any atom is -0.491 e. The summed E-state index contributed by atoms with van der Waals surface area (Å²) in [5.41, 5.74) is 3.53. The number of nitrogens with zero attached hydrogens (tertiary/aromatic N) is 2. The Hall–Kier alpha value is -2.81. The second-order valence-electron chi connectivity index (χ2n) is 8.83. The fraction of sp³-hybridized carbons (Fsp3) is 0.500. The van der Waals surface area contributed by atoms with Crippen LogP contribution in [-0.2, 0) is 14.2 Å². The zero-order valence-corrected chi connectivity index (χ0v) is 19.5. The number of nitrogens with one attached hydrogen (secondary N) is 1. The van der Waals surface area contributed by atoms with Crippen molar-refractivity contribution in [3.63, 3.8) is 0 Å². The van der Waals surface area contributed by atoms with E-state index in [1.807, 2.05) is 24.3 Å². The maximum Gasteiger partial charge on any atom is 0.255 e. The van der Waals surface area contributed by atoms with Gasteiger partial charge in [0.2, 0.25) is 0 Å². The first-order chi connectivity index (χ1) is 16.8. The molecular weight excluding hydrogens is 434 g/mol. The summed E-state index contributed by atoms with van der Waals surface area (Å²) >= 11 is 0. The molecular formula is C26H33N3O5. The van der Waals surface area contributed by atoms with E-state index in [-0.39, 0.29) is 12.0 Å². The van der Waals surface area contributed by atoms with Gasteiger partial charge < -0.3 is 34.1 Å². The van der Waals surface area contributed by atoms with E-state index in [2.05, 4.69) is 27.2 Å². The third-order valence-electron chi connectivity index (χ3n) is 6.51. The fourth-order valence-electron chi connectivity index (χ4n) is 4.60. The van der Waals surface area contributed by atoms with E-state index in [1.54, 1.807) is 6.07 Å². The molecule has 0 aliphatic carbocycles. The second-order valence-corrected chi connectivity index (χ2v) is 8.83. The largest absolute Gasteiger partial charge is 0.491 e. The Morgan fingerprint density at radius 3 is 2.44 bits per heavy atom. The molecule has 3 heterocycles. The SMILES string of the molecule is O=C(Nc1ccc(N2CCOCC2)cc1N1CCOCC1)c1cccc(OCC2CCCO2)c1. The van der Waals surface area contributed by atoms with Crippen LogP contribution >= 0.6 is 0 Å². The zero-order chi connectivity index (χ0) is 23.2. The van der Waals surface area contributed by atoms with Gasteiger partial charge in [-0.15, -0.1) is 0 Å². The van der Waals surface area contributed by atoms with Gasteiger partial charge in [0.1, 0.15) is 12.4 Å². The van der Waals surface area contributed by atoms with Crippen molar-refractivity contribution in [2.24, 2.45) is 0 Å². The first-order valence-corrected chi connectivity index (χ1v) is 12.2. The van der Waals surface area contributed by atoms with Crippen molar-refractivity contribution in [2.75, 3.05) is 80.9 Å². The van der Waals surface area contributed by atoms with Crippen molar-refractivity contribution in [3.05, 3.63) is 48.0 Å². The third kappa shape index (κ3) is 5.63. The van der Waals surface area contributed by atoms with Gasteiger partial charge >= 0.3 is 0 Å². The molecule has 5 rings (SSSR count). The van der Waals surface area contributed by atoms with Gasteiger partial charge in [-0.2, -0.15) is 0 Å². The van der Waals surface area contributed by atoms with Gasteiger partial charge in [0.15, 0.2) is 0 Å². The van der Waals surface area contributed by atoms with Gasteiger partial charge in [-0.25, -0.2) is 0 Å². The summed E-state index contributed by atoms with van der Waals surface area (Å²) in [6.07, 6.45) is 2.23. The number of ether oxygens (including phenoxy) is 4. The molecule has 1 unspecified atom stereocenters. The highest BCUT2D eigenvalue weighted by Gasteiger charge is 2.20. The quantitative estimate of drug-likeness (QED) is 0.671. The maximum atomic E-state index is 13.2. The van der Waals surface area contributed by atoms with Crippen LogP contribution < -0.4 is 19.9 Å². The molecule has 0 saturated carbocycles. The molecule has 3 aliphatic rings. The Balaban J connectivity index is 1.32. The van der Waals surface area contributed by atoms with Gasteiger partial charge in [0.25, 0.3) is 5.91 Å². The monoisotopic (exact) mass is 467 g/mol. The average Bonchev–Trinajstić information content (AvgIpc) is 3.43. The lowest BCUT2D eigenvalue weighted by atomic mass is 10.1. The Morgan fingerprint density at radius 2 is 1.71 bits per heavy atom. The number of hydrogen-bond acceptors (Lipinski definition) is 7. The smallest absolute Gasteiger partial charge is 0.255 e. The molecule has 182 valence electrons. The van der Waals surface area contributed by atoms with E-state index in [9.17, 15) is 4.79 Å². The summed E-state index contributed by atoms with van der Waals surface area (Å²) in [5, 5.41) is 3.13. The molecule has 3 aliphatic heterocycles. The number of carbonyl (C=O) groups is 1. The molecule has 2 aromatic rings. The number of morpholine rings is 2. The van der Waals surface area contributed by atoms with Crippen molar-refractivity contribution in [1.29, 1.82) is 0 Å². The zero-order valence-electron chi connectivity index (χ0n) is 19.5. The van der Waals surface area contributed by atoms with Crippen molar-refractivity contribution in [2.45, 2.75) is 18.9 Å². The molecule has 3 saturated heterocycles. The summed E-state index contributed by atoms with van der Waals surface area (Å²) in [7, 11) is 0. The Kier molecular flexibility index (Phi) is 7.48. The first-order valence-electron chi connectivity index (χ1n) is 12.2. The lowest BCUT2D eigenvalue weighted by Gasteiger charge is -2.33. The number of benzene rings is 2. The first kappa shape index (κ1) is 23.0. The summed E-state index contributed by atoms with van der Waals surface area (Å²) in [6, 6.07) is 13.6. The predicted molar refractivity (Wildman–Crippen MR) is 131 cm³/mol. The molecule has 2 aromatic carbocycles. The molecule has 34 heavy (non-hydrogen) atoms.